The molecule has 4 heteroatoms. The lowest BCUT2D eigenvalue weighted by Gasteiger charge is -2.19. The molecule has 1 saturated carbocycles. The van der Waals surface area contributed by atoms with Crippen LogP contribution in [0.15, 0.2) is 42.7 Å². The molecule has 2 aromatic rings. The van der Waals surface area contributed by atoms with Gasteiger partial charge in [-0.15, -0.1) is 0 Å². The average molecular weight is 286 g/mol. The second-order valence-corrected chi connectivity index (χ2v) is 5.32. The molecule has 1 aliphatic rings. The van der Waals surface area contributed by atoms with E-state index in [4.69, 9.17) is 4.74 Å². The Morgan fingerprint density at radius 3 is 2.86 bits per heavy atom. The first-order chi connectivity index (χ1) is 10.3. The molecule has 0 amide bonds. The number of aromatic nitrogens is 1. The highest BCUT2D eigenvalue weighted by Crippen LogP contribution is 2.30. The molecule has 1 N–H and O–H groups in total. The summed E-state index contributed by atoms with van der Waals surface area (Å²) in [5.74, 6) is 0.558. The second kappa shape index (κ2) is 6.22. The standard InChI is InChI=1S/C17H19FN2O/c1-2-20-17(13-8-14(18)11-19-10-13)12-4-3-5-16(9-12)21-15-6-7-15/h3-5,8-11,15,17,20H,2,6-7H2,1H3. The lowest BCUT2D eigenvalue weighted by molar-refractivity contribution is 0.302. The Kier molecular flexibility index (Phi) is 4.15. The van der Waals surface area contributed by atoms with E-state index >= 15 is 0 Å². The van der Waals surface area contributed by atoms with Gasteiger partial charge in [-0.25, -0.2) is 4.39 Å². The monoisotopic (exact) mass is 286 g/mol. The van der Waals surface area contributed by atoms with Crippen LogP contribution in [0.4, 0.5) is 4.39 Å². The maximum atomic E-state index is 13.4. The Labute approximate surface area is 124 Å². The fraction of sp³-hybridized carbons (Fsp3) is 0.353. The van der Waals surface area contributed by atoms with Gasteiger partial charge in [-0.1, -0.05) is 19.1 Å². The molecule has 1 aliphatic carbocycles. The number of hydrogen-bond acceptors (Lipinski definition) is 3. The normalized spacial score (nSPS) is 15.7. The Morgan fingerprint density at radius 2 is 2.14 bits per heavy atom. The second-order valence-electron chi connectivity index (χ2n) is 5.32. The van der Waals surface area contributed by atoms with Gasteiger partial charge in [-0.05, 0) is 48.7 Å². The van der Waals surface area contributed by atoms with Gasteiger partial charge in [-0.3, -0.25) is 4.98 Å². The highest BCUT2D eigenvalue weighted by atomic mass is 19.1. The molecule has 1 aromatic heterocycles. The third kappa shape index (κ3) is 3.58. The molecule has 1 fully saturated rings. The fourth-order valence-electron chi connectivity index (χ4n) is 2.36. The fourth-order valence-corrected chi connectivity index (χ4v) is 2.36. The van der Waals surface area contributed by atoms with E-state index in [0.717, 1.165) is 36.3 Å². The van der Waals surface area contributed by atoms with Gasteiger partial charge < -0.3 is 10.1 Å². The van der Waals surface area contributed by atoms with Crippen LogP contribution in [-0.4, -0.2) is 17.6 Å². The van der Waals surface area contributed by atoms with Crippen LogP contribution in [0.2, 0.25) is 0 Å². The number of nitrogens with one attached hydrogen (secondary N) is 1. The molecule has 1 unspecified atom stereocenters. The van der Waals surface area contributed by atoms with Crippen LogP contribution in [0, 0.1) is 5.82 Å². The van der Waals surface area contributed by atoms with E-state index in [0.29, 0.717) is 6.10 Å². The SMILES string of the molecule is CCNC(c1cncc(F)c1)c1cccc(OC2CC2)c1. The molecular weight excluding hydrogens is 267 g/mol. The van der Waals surface area contributed by atoms with E-state index in [1.807, 2.05) is 31.2 Å². The van der Waals surface area contributed by atoms with Crippen molar-refractivity contribution in [1.82, 2.24) is 10.3 Å². The largest absolute Gasteiger partial charge is 0.490 e. The third-order valence-electron chi connectivity index (χ3n) is 3.49. The first-order valence-corrected chi connectivity index (χ1v) is 7.36. The van der Waals surface area contributed by atoms with Crippen LogP contribution in [0.1, 0.15) is 36.9 Å². The summed E-state index contributed by atoms with van der Waals surface area (Å²) in [6, 6.07) is 9.43. The van der Waals surface area contributed by atoms with Crippen LogP contribution in [0.5, 0.6) is 5.75 Å². The van der Waals surface area contributed by atoms with Gasteiger partial charge in [0.05, 0.1) is 18.3 Å². The number of halogens is 1. The van der Waals surface area contributed by atoms with Gasteiger partial charge in [0.2, 0.25) is 0 Å². The van der Waals surface area contributed by atoms with Gasteiger partial charge in [0.15, 0.2) is 0 Å². The van der Waals surface area contributed by atoms with Crippen LogP contribution in [0.3, 0.4) is 0 Å². The first kappa shape index (κ1) is 14.0. The molecule has 0 saturated heterocycles. The van der Waals surface area contributed by atoms with Gasteiger partial charge in [-0.2, -0.15) is 0 Å². The number of pyridine rings is 1. The summed E-state index contributed by atoms with van der Waals surface area (Å²) in [5.41, 5.74) is 1.88. The average Bonchev–Trinajstić information content (AvgIpc) is 3.29. The summed E-state index contributed by atoms with van der Waals surface area (Å²) in [6.07, 6.45) is 5.56. The molecule has 1 atom stereocenters. The van der Waals surface area contributed by atoms with E-state index in [-0.39, 0.29) is 11.9 Å². The molecule has 1 heterocycles. The minimum absolute atomic E-state index is 0.0825. The van der Waals surface area contributed by atoms with E-state index in [9.17, 15) is 4.39 Å². The van der Waals surface area contributed by atoms with Gasteiger partial charge in [0.1, 0.15) is 11.6 Å². The Balaban J connectivity index is 1.88. The first-order valence-electron chi connectivity index (χ1n) is 7.36. The maximum Gasteiger partial charge on any atom is 0.141 e. The number of nitrogens with zero attached hydrogens (tertiary/aromatic N) is 1. The quantitative estimate of drug-likeness (QED) is 0.883. The number of benzene rings is 1. The zero-order valence-corrected chi connectivity index (χ0v) is 12.1. The number of ether oxygens (including phenoxy) is 1. The minimum atomic E-state index is -0.319. The zero-order valence-electron chi connectivity index (χ0n) is 12.1. The molecule has 110 valence electrons. The summed E-state index contributed by atoms with van der Waals surface area (Å²) >= 11 is 0. The molecule has 21 heavy (non-hydrogen) atoms. The predicted octanol–water partition coefficient (Wildman–Crippen LogP) is 3.46. The topological polar surface area (TPSA) is 34.2 Å². The summed E-state index contributed by atoms with van der Waals surface area (Å²) in [4.78, 5) is 3.95. The van der Waals surface area contributed by atoms with Gasteiger partial charge in [0, 0.05) is 6.20 Å². The van der Waals surface area contributed by atoms with E-state index in [1.54, 1.807) is 6.20 Å². The van der Waals surface area contributed by atoms with E-state index in [2.05, 4.69) is 10.3 Å². The highest BCUT2D eigenvalue weighted by Gasteiger charge is 2.24. The van der Waals surface area contributed by atoms with Crippen molar-refractivity contribution in [2.24, 2.45) is 0 Å². The van der Waals surface area contributed by atoms with Crippen molar-refractivity contribution in [3.63, 3.8) is 0 Å². The number of hydrogen-bond donors (Lipinski definition) is 1. The van der Waals surface area contributed by atoms with Crippen molar-refractivity contribution in [3.8, 4) is 5.75 Å². The predicted molar refractivity (Wildman–Crippen MR) is 79.8 cm³/mol. The molecule has 0 aliphatic heterocycles. The van der Waals surface area contributed by atoms with Crippen LogP contribution in [0.25, 0.3) is 0 Å². The Bertz CT molecular complexity index is 613. The zero-order chi connectivity index (χ0) is 14.7. The van der Waals surface area contributed by atoms with Crippen molar-refractivity contribution in [2.45, 2.75) is 31.9 Å². The molecule has 3 nitrogen and oxygen atoms in total. The smallest absolute Gasteiger partial charge is 0.141 e. The van der Waals surface area contributed by atoms with Crippen molar-refractivity contribution in [2.75, 3.05) is 6.54 Å². The summed E-state index contributed by atoms with van der Waals surface area (Å²) in [6.45, 7) is 2.82. The van der Waals surface area contributed by atoms with Crippen LogP contribution >= 0.6 is 0 Å². The minimum Gasteiger partial charge on any atom is -0.490 e. The van der Waals surface area contributed by atoms with Crippen molar-refractivity contribution in [1.29, 1.82) is 0 Å². The Morgan fingerprint density at radius 1 is 1.29 bits per heavy atom. The van der Waals surface area contributed by atoms with Crippen LogP contribution < -0.4 is 10.1 Å². The molecule has 0 radical (unpaired) electrons. The van der Waals surface area contributed by atoms with Gasteiger partial charge >= 0.3 is 0 Å². The van der Waals surface area contributed by atoms with E-state index < -0.39 is 0 Å². The third-order valence-corrected chi connectivity index (χ3v) is 3.49. The lowest BCUT2D eigenvalue weighted by atomic mass is 10.00. The lowest BCUT2D eigenvalue weighted by Crippen LogP contribution is -2.22. The van der Waals surface area contributed by atoms with Crippen molar-refractivity contribution < 1.29 is 9.13 Å². The van der Waals surface area contributed by atoms with Crippen LogP contribution in [-0.2, 0) is 0 Å². The maximum absolute atomic E-state index is 13.4. The molecule has 3 rings (SSSR count). The highest BCUT2D eigenvalue weighted by molar-refractivity contribution is 5.36. The molecular formula is C17H19FN2O. The van der Waals surface area contributed by atoms with E-state index in [1.165, 1.54) is 12.3 Å². The van der Waals surface area contributed by atoms with Crippen molar-refractivity contribution in [3.05, 3.63) is 59.7 Å². The molecule has 0 spiro atoms. The summed E-state index contributed by atoms with van der Waals surface area (Å²) < 4.78 is 19.3. The number of rotatable bonds is 6. The van der Waals surface area contributed by atoms with Gasteiger partial charge in [0.25, 0.3) is 0 Å². The summed E-state index contributed by atoms with van der Waals surface area (Å²) in [7, 11) is 0. The summed E-state index contributed by atoms with van der Waals surface area (Å²) in [5, 5.41) is 3.38. The van der Waals surface area contributed by atoms with Crippen molar-refractivity contribution >= 4 is 0 Å². The molecule has 0 bridgehead atoms. The Hall–Kier alpha value is -1.94. The molecule has 1 aromatic carbocycles.